The van der Waals surface area contributed by atoms with Crippen molar-refractivity contribution < 1.29 is 13.5 Å². The summed E-state index contributed by atoms with van der Waals surface area (Å²) < 4.78 is 29.5. The molecule has 0 atom stereocenters. The molecule has 70 valence electrons. The van der Waals surface area contributed by atoms with E-state index < -0.39 is 18.1 Å². The van der Waals surface area contributed by atoms with Crippen LogP contribution in [-0.4, -0.2) is 7.11 Å². The highest BCUT2D eigenvalue weighted by molar-refractivity contribution is 5.22. The van der Waals surface area contributed by atoms with Gasteiger partial charge in [-0.15, -0.1) is 0 Å². The van der Waals surface area contributed by atoms with Crippen molar-refractivity contribution in [1.82, 2.24) is 0 Å². The minimum absolute atomic E-state index is 0.166. The number of hydrogen-bond donors (Lipinski definition) is 0. The Balaban J connectivity index is 4.60. The summed E-state index contributed by atoms with van der Waals surface area (Å²) >= 11 is 0. The smallest absolute Gasteiger partial charge is 0.156 e. The van der Waals surface area contributed by atoms with Gasteiger partial charge in [-0.1, -0.05) is 6.58 Å². The van der Waals surface area contributed by atoms with Crippen LogP contribution in [-0.2, 0) is 4.74 Å². The molecule has 0 aromatic rings. The van der Waals surface area contributed by atoms with Gasteiger partial charge in [-0.05, 0) is 12.2 Å². The van der Waals surface area contributed by atoms with Crippen LogP contribution in [0.25, 0.3) is 0 Å². The van der Waals surface area contributed by atoms with Crippen LogP contribution in [0.4, 0.5) is 8.78 Å². The number of rotatable bonds is 4. The number of ether oxygens (including phenoxy) is 1. The van der Waals surface area contributed by atoms with Crippen LogP contribution in [0.1, 0.15) is 6.42 Å². The summed E-state index contributed by atoms with van der Waals surface area (Å²) in [6.07, 6.45) is 1.64. The standard InChI is InChI=1S/C9H9F2NO/c1-7(10)3-4-9(13-2)8(11)5-6-12/h3-4H,1,5H2,2H3/b4-3-,9-8-. The van der Waals surface area contributed by atoms with Crippen LogP contribution in [0.3, 0.4) is 0 Å². The first-order chi connectivity index (χ1) is 6.11. The molecule has 0 rings (SSSR count). The fourth-order valence-corrected chi connectivity index (χ4v) is 0.592. The molecular weight excluding hydrogens is 176 g/mol. The van der Waals surface area contributed by atoms with Gasteiger partial charge in [0.1, 0.15) is 5.83 Å². The molecule has 0 aliphatic carbocycles. The second-order valence-corrected chi connectivity index (χ2v) is 2.09. The van der Waals surface area contributed by atoms with Crippen molar-refractivity contribution in [3.8, 4) is 6.07 Å². The van der Waals surface area contributed by atoms with Crippen molar-refractivity contribution in [2.75, 3.05) is 7.11 Å². The molecule has 0 saturated carbocycles. The number of hydrogen-bond acceptors (Lipinski definition) is 2. The van der Waals surface area contributed by atoms with Crippen molar-refractivity contribution in [1.29, 1.82) is 5.26 Å². The molecule has 0 bridgehead atoms. The Bertz CT molecular complexity index is 286. The molecule has 0 spiro atoms. The average molecular weight is 185 g/mol. The van der Waals surface area contributed by atoms with E-state index >= 15 is 0 Å². The lowest BCUT2D eigenvalue weighted by molar-refractivity contribution is 0.289. The molecule has 0 fully saturated rings. The van der Waals surface area contributed by atoms with Gasteiger partial charge < -0.3 is 4.74 Å². The third-order valence-corrected chi connectivity index (χ3v) is 1.14. The second kappa shape index (κ2) is 5.95. The zero-order valence-corrected chi connectivity index (χ0v) is 7.18. The van der Waals surface area contributed by atoms with E-state index in [2.05, 4.69) is 11.3 Å². The third-order valence-electron chi connectivity index (χ3n) is 1.14. The Kier molecular flexibility index (Phi) is 5.20. The van der Waals surface area contributed by atoms with Gasteiger partial charge in [-0.3, -0.25) is 0 Å². The maximum absolute atomic E-state index is 12.8. The SMILES string of the molecule is C=C(F)/C=C\C(OC)=C(\F)CC#N. The van der Waals surface area contributed by atoms with Crippen LogP contribution < -0.4 is 0 Å². The topological polar surface area (TPSA) is 33.0 Å². The molecule has 0 radical (unpaired) electrons. The van der Waals surface area contributed by atoms with E-state index in [0.29, 0.717) is 0 Å². The summed E-state index contributed by atoms with van der Waals surface area (Å²) in [7, 11) is 1.23. The number of methoxy groups -OCH3 is 1. The van der Waals surface area contributed by atoms with E-state index in [1.165, 1.54) is 7.11 Å². The molecule has 13 heavy (non-hydrogen) atoms. The molecule has 4 heteroatoms. The van der Waals surface area contributed by atoms with Crippen LogP contribution in [0.2, 0.25) is 0 Å². The first-order valence-corrected chi connectivity index (χ1v) is 3.44. The molecule has 0 N–H and O–H groups in total. The van der Waals surface area contributed by atoms with E-state index in [1.807, 2.05) is 0 Å². The molecule has 0 amide bonds. The van der Waals surface area contributed by atoms with Crippen LogP contribution >= 0.6 is 0 Å². The minimum atomic E-state index is -0.734. The Morgan fingerprint density at radius 3 is 2.54 bits per heavy atom. The fraction of sp³-hybridized carbons (Fsp3) is 0.222. The van der Waals surface area contributed by atoms with Crippen molar-refractivity contribution >= 4 is 0 Å². The van der Waals surface area contributed by atoms with Gasteiger partial charge in [0.05, 0.1) is 19.6 Å². The summed E-state index contributed by atoms with van der Waals surface area (Å²) in [5.74, 6) is -1.61. The predicted molar refractivity (Wildman–Crippen MR) is 44.8 cm³/mol. The first kappa shape index (κ1) is 11.4. The maximum Gasteiger partial charge on any atom is 0.156 e. The zero-order chi connectivity index (χ0) is 10.3. The van der Waals surface area contributed by atoms with E-state index in [-0.39, 0.29) is 5.76 Å². The lowest BCUT2D eigenvalue weighted by Gasteiger charge is -1.99. The number of nitriles is 1. The maximum atomic E-state index is 12.8. The average Bonchev–Trinajstić information content (AvgIpc) is 2.05. The van der Waals surface area contributed by atoms with Gasteiger partial charge >= 0.3 is 0 Å². The molecule has 0 unspecified atom stereocenters. The molecule has 0 aromatic carbocycles. The molecule has 0 heterocycles. The highest BCUT2D eigenvalue weighted by Crippen LogP contribution is 2.12. The molecular formula is C9H9F2NO. The molecule has 0 aromatic heterocycles. The van der Waals surface area contributed by atoms with E-state index in [1.54, 1.807) is 6.07 Å². The van der Waals surface area contributed by atoms with Gasteiger partial charge in [0, 0.05) is 0 Å². The monoisotopic (exact) mass is 185 g/mol. The molecule has 0 aliphatic rings. The predicted octanol–water partition coefficient (Wildman–Crippen LogP) is 2.77. The largest absolute Gasteiger partial charge is 0.494 e. The second-order valence-electron chi connectivity index (χ2n) is 2.09. The Labute approximate surface area is 75.4 Å². The summed E-state index contributed by atoms with van der Waals surface area (Å²) in [6.45, 7) is 2.95. The zero-order valence-electron chi connectivity index (χ0n) is 7.18. The highest BCUT2D eigenvalue weighted by Gasteiger charge is 2.02. The summed E-state index contributed by atoms with van der Waals surface area (Å²) in [6, 6.07) is 1.61. The molecule has 0 aliphatic heterocycles. The number of halogens is 2. The Morgan fingerprint density at radius 2 is 2.15 bits per heavy atom. The lowest BCUT2D eigenvalue weighted by atomic mass is 10.3. The van der Waals surface area contributed by atoms with Gasteiger partial charge in [0.25, 0.3) is 0 Å². The van der Waals surface area contributed by atoms with Crippen LogP contribution in [0.5, 0.6) is 0 Å². The normalized spacial score (nSPS) is 12.2. The van der Waals surface area contributed by atoms with Crippen molar-refractivity contribution in [3.05, 3.63) is 36.1 Å². The highest BCUT2D eigenvalue weighted by atomic mass is 19.1. The van der Waals surface area contributed by atoms with Gasteiger partial charge in [-0.2, -0.15) is 5.26 Å². The summed E-state index contributed by atoms with van der Waals surface area (Å²) in [4.78, 5) is 0. The van der Waals surface area contributed by atoms with Crippen LogP contribution in [0.15, 0.2) is 36.1 Å². The fourth-order valence-electron chi connectivity index (χ4n) is 0.592. The molecule has 2 nitrogen and oxygen atoms in total. The minimum Gasteiger partial charge on any atom is -0.494 e. The van der Waals surface area contributed by atoms with Gasteiger partial charge in [0.15, 0.2) is 11.6 Å². The lowest BCUT2D eigenvalue weighted by Crippen LogP contribution is -1.86. The van der Waals surface area contributed by atoms with E-state index in [4.69, 9.17) is 5.26 Å². The van der Waals surface area contributed by atoms with Crippen molar-refractivity contribution in [2.24, 2.45) is 0 Å². The molecule has 0 saturated heterocycles. The first-order valence-electron chi connectivity index (χ1n) is 3.44. The number of allylic oxidation sites excluding steroid dienone is 4. The van der Waals surface area contributed by atoms with Crippen molar-refractivity contribution in [3.63, 3.8) is 0 Å². The van der Waals surface area contributed by atoms with E-state index in [0.717, 1.165) is 12.2 Å². The van der Waals surface area contributed by atoms with Crippen LogP contribution in [0, 0.1) is 11.3 Å². The summed E-state index contributed by atoms with van der Waals surface area (Å²) in [5.41, 5.74) is 0. The Hall–Kier alpha value is -1.63. The van der Waals surface area contributed by atoms with Crippen molar-refractivity contribution in [2.45, 2.75) is 6.42 Å². The number of nitrogens with zero attached hydrogens (tertiary/aromatic N) is 1. The summed E-state index contributed by atoms with van der Waals surface area (Å²) in [5, 5.41) is 8.16. The van der Waals surface area contributed by atoms with E-state index in [9.17, 15) is 8.78 Å². The third kappa shape index (κ3) is 4.75. The quantitative estimate of drug-likeness (QED) is 0.498. The van der Waals surface area contributed by atoms with Gasteiger partial charge in [0.2, 0.25) is 0 Å². The van der Waals surface area contributed by atoms with Gasteiger partial charge in [-0.25, -0.2) is 8.78 Å². The Morgan fingerprint density at radius 1 is 1.54 bits per heavy atom.